The molecular weight excluding hydrogens is 410 g/mol. The van der Waals surface area contributed by atoms with E-state index in [1.807, 2.05) is 6.07 Å². The van der Waals surface area contributed by atoms with Gasteiger partial charge in [0.15, 0.2) is 0 Å². The van der Waals surface area contributed by atoms with Crippen LogP contribution in [0.5, 0.6) is 0 Å². The molecule has 0 saturated heterocycles. The number of rotatable bonds is 15. The lowest BCUT2D eigenvalue weighted by Crippen LogP contribution is -2.47. The highest BCUT2D eigenvalue weighted by molar-refractivity contribution is 5.87. The monoisotopic (exact) mass is 436 g/mol. The zero-order chi connectivity index (χ0) is 23.1. The van der Waals surface area contributed by atoms with Gasteiger partial charge < -0.3 is 15.5 Å². The Bertz CT molecular complexity index is 796. The van der Waals surface area contributed by atoms with Crippen molar-refractivity contribution in [3.63, 3.8) is 0 Å². The van der Waals surface area contributed by atoms with Crippen molar-refractivity contribution in [2.45, 2.75) is 44.8 Å². The Kier molecular flexibility index (Phi) is 11.8. The second kappa shape index (κ2) is 14.4. The number of carbonyl (C=O) groups is 4. The van der Waals surface area contributed by atoms with Gasteiger partial charge in [-0.15, -0.1) is 0 Å². The Morgan fingerprint density at radius 3 is 2.45 bits per heavy atom. The van der Waals surface area contributed by atoms with Crippen LogP contribution in [0.1, 0.15) is 37.7 Å². The number of carbonyl (C=O) groups excluding carboxylic acids is 2. The molecule has 0 saturated carbocycles. The number of hydrogen-bond acceptors (Lipinski definition) is 7. The SMILES string of the molecule is N=[N+]=NCCCCC(=O)N(CC(=O)NC(CCC(=O)O)C(=O)O)OCc1ccccc1. The first-order valence-corrected chi connectivity index (χ1v) is 9.58. The summed E-state index contributed by atoms with van der Waals surface area (Å²) in [5.74, 6) is -3.83. The summed E-state index contributed by atoms with van der Waals surface area (Å²) in [5, 5.41) is 24.4. The summed E-state index contributed by atoms with van der Waals surface area (Å²) in [4.78, 5) is 55.1. The molecule has 0 aliphatic heterocycles. The minimum atomic E-state index is -1.40. The van der Waals surface area contributed by atoms with Crippen molar-refractivity contribution >= 4 is 23.8 Å². The van der Waals surface area contributed by atoms with Gasteiger partial charge in [0.05, 0.1) is 0 Å². The Labute approximate surface area is 178 Å². The Morgan fingerprint density at radius 1 is 1.13 bits per heavy atom. The Morgan fingerprint density at radius 2 is 1.84 bits per heavy atom. The van der Waals surface area contributed by atoms with Crippen LogP contribution in [0.3, 0.4) is 0 Å². The van der Waals surface area contributed by atoms with Crippen molar-refractivity contribution in [3.05, 3.63) is 35.9 Å². The molecule has 1 aromatic rings. The van der Waals surface area contributed by atoms with E-state index in [-0.39, 0.29) is 19.4 Å². The van der Waals surface area contributed by atoms with Gasteiger partial charge in [0.2, 0.25) is 16.7 Å². The molecule has 31 heavy (non-hydrogen) atoms. The highest BCUT2D eigenvalue weighted by Gasteiger charge is 2.24. The van der Waals surface area contributed by atoms with Crippen molar-refractivity contribution in [2.75, 3.05) is 13.1 Å². The molecule has 1 unspecified atom stereocenters. The van der Waals surface area contributed by atoms with Gasteiger partial charge in [0.25, 0.3) is 0 Å². The van der Waals surface area contributed by atoms with Crippen LogP contribution in [-0.4, -0.2) is 58.2 Å². The molecule has 0 fully saturated rings. The molecule has 1 atom stereocenters. The van der Waals surface area contributed by atoms with Crippen molar-refractivity contribution < 1.29 is 34.2 Å². The molecule has 12 heteroatoms. The van der Waals surface area contributed by atoms with E-state index in [1.54, 1.807) is 24.3 Å². The number of amides is 2. The molecule has 0 spiro atoms. The van der Waals surface area contributed by atoms with E-state index < -0.39 is 42.8 Å². The predicted octanol–water partition coefficient (Wildman–Crippen LogP) is 1.10. The Balaban J connectivity index is 2.72. The van der Waals surface area contributed by atoms with Crippen molar-refractivity contribution in [2.24, 2.45) is 5.11 Å². The fraction of sp³-hybridized carbons (Fsp3) is 0.474. The number of nitrogens with one attached hydrogen (secondary N) is 2. The summed E-state index contributed by atoms with van der Waals surface area (Å²) >= 11 is 0. The zero-order valence-corrected chi connectivity index (χ0v) is 16.9. The van der Waals surface area contributed by atoms with E-state index >= 15 is 0 Å². The summed E-state index contributed by atoms with van der Waals surface area (Å²) in [7, 11) is 0. The lowest BCUT2D eigenvalue weighted by molar-refractivity contribution is -0.193. The normalized spacial score (nSPS) is 11.1. The summed E-state index contributed by atoms with van der Waals surface area (Å²) in [6.45, 7) is -0.227. The van der Waals surface area contributed by atoms with Crippen LogP contribution in [0.4, 0.5) is 0 Å². The fourth-order valence-corrected chi connectivity index (χ4v) is 2.46. The van der Waals surface area contributed by atoms with Crippen molar-refractivity contribution in [1.29, 1.82) is 5.53 Å². The molecule has 168 valence electrons. The number of carboxylic acids is 2. The van der Waals surface area contributed by atoms with E-state index in [4.69, 9.17) is 20.6 Å². The van der Waals surface area contributed by atoms with Gasteiger partial charge in [-0.1, -0.05) is 30.3 Å². The molecule has 0 radical (unpaired) electrons. The lowest BCUT2D eigenvalue weighted by Gasteiger charge is -2.23. The van der Waals surface area contributed by atoms with Crippen LogP contribution in [0.25, 0.3) is 0 Å². The summed E-state index contributed by atoms with van der Waals surface area (Å²) < 4.78 is 0. The van der Waals surface area contributed by atoms with Gasteiger partial charge in [0.1, 0.15) is 36.4 Å². The number of hydroxylamine groups is 2. The second-order valence-corrected chi connectivity index (χ2v) is 6.50. The number of carboxylic acid groups (broad SMARTS) is 2. The van der Waals surface area contributed by atoms with Gasteiger partial charge in [-0.3, -0.25) is 19.2 Å². The van der Waals surface area contributed by atoms with Crippen molar-refractivity contribution in [3.8, 4) is 0 Å². The highest BCUT2D eigenvalue weighted by Crippen LogP contribution is 2.07. The van der Waals surface area contributed by atoms with Gasteiger partial charge in [0, 0.05) is 12.8 Å². The van der Waals surface area contributed by atoms with Gasteiger partial charge >= 0.3 is 11.9 Å². The van der Waals surface area contributed by atoms with Gasteiger partial charge in [-0.05, 0) is 24.8 Å². The highest BCUT2D eigenvalue weighted by atomic mass is 16.7. The molecule has 0 bridgehead atoms. The summed E-state index contributed by atoms with van der Waals surface area (Å²) in [6, 6.07) is 7.56. The molecule has 0 aliphatic carbocycles. The van der Waals surface area contributed by atoms with E-state index in [1.165, 1.54) is 0 Å². The fourth-order valence-electron chi connectivity index (χ4n) is 2.46. The molecule has 0 aliphatic rings. The van der Waals surface area contributed by atoms with Crippen LogP contribution in [0, 0.1) is 5.53 Å². The van der Waals surface area contributed by atoms with Crippen LogP contribution >= 0.6 is 0 Å². The zero-order valence-electron chi connectivity index (χ0n) is 16.9. The average molecular weight is 436 g/mol. The van der Waals surface area contributed by atoms with Crippen LogP contribution in [-0.2, 0) is 30.6 Å². The van der Waals surface area contributed by atoms with E-state index in [0.717, 1.165) is 10.6 Å². The summed E-state index contributed by atoms with van der Waals surface area (Å²) in [6.07, 6.45) is 0.279. The predicted molar refractivity (Wildman–Crippen MR) is 105 cm³/mol. The van der Waals surface area contributed by atoms with Gasteiger partial charge in [-0.25, -0.2) is 9.86 Å². The molecule has 4 N–H and O–H groups in total. The number of unbranched alkanes of at least 4 members (excludes halogenated alkanes) is 1. The van der Waals surface area contributed by atoms with Crippen molar-refractivity contribution in [1.82, 2.24) is 15.3 Å². The number of benzene rings is 1. The van der Waals surface area contributed by atoms with Gasteiger partial charge in [-0.2, -0.15) is 0 Å². The first-order chi connectivity index (χ1) is 14.8. The van der Waals surface area contributed by atoms with E-state index in [2.05, 4.69) is 15.3 Å². The molecule has 0 aromatic heterocycles. The maximum Gasteiger partial charge on any atom is 0.326 e. The van der Waals surface area contributed by atoms with E-state index in [0.29, 0.717) is 19.4 Å². The molecule has 1 aromatic carbocycles. The molecule has 0 heterocycles. The first kappa shape index (κ1) is 25.4. The average Bonchev–Trinajstić information content (AvgIpc) is 2.74. The summed E-state index contributed by atoms with van der Waals surface area (Å²) in [5.41, 5.74) is 7.35. The maximum absolute atomic E-state index is 12.5. The molecule has 2 amide bonds. The quantitative estimate of drug-likeness (QED) is 0.137. The van der Waals surface area contributed by atoms with E-state index in [9.17, 15) is 19.2 Å². The maximum atomic E-state index is 12.5. The number of aliphatic carboxylic acids is 2. The molecular formula is C19H26N5O7+. The topological polar surface area (TPSA) is 184 Å². The molecule has 1 rings (SSSR count). The van der Waals surface area contributed by atoms with Crippen LogP contribution < -0.4 is 10.2 Å². The minimum absolute atomic E-state index is 0.0221. The molecule has 12 nitrogen and oxygen atoms in total. The van der Waals surface area contributed by atoms with Crippen LogP contribution in [0.2, 0.25) is 0 Å². The largest absolute Gasteiger partial charge is 0.481 e. The third-order valence-electron chi connectivity index (χ3n) is 4.04. The lowest BCUT2D eigenvalue weighted by atomic mass is 10.1. The third kappa shape index (κ3) is 11.2. The standard InChI is InChI=1S/C19H25N5O7/c20-23-21-11-5-4-8-17(26)24(31-13-14-6-2-1-3-7-14)12-16(25)22-15(19(29)30)9-10-18(27)28/h1-3,6-7,15,20H,4-5,8-13H2,(H2-,22,25,27,28,29,30)/p+1. The van der Waals surface area contributed by atoms with Crippen LogP contribution in [0.15, 0.2) is 35.4 Å². The smallest absolute Gasteiger partial charge is 0.326 e. The Hall–Kier alpha value is -3.63. The second-order valence-electron chi connectivity index (χ2n) is 6.50. The number of nitrogens with zero attached hydrogens (tertiary/aromatic N) is 3. The number of hydrogen-bond donors (Lipinski definition) is 4. The first-order valence-electron chi connectivity index (χ1n) is 9.58. The third-order valence-corrected chi connectivity index (χ3v) is 4.04. The minimum Gasteiger partial charge on any atom is -0.481 e.